The molecule has 1 heterocycles. The summed E-state index contributed by atoms with van der Waals surface area (Å²) in [6.07, 6.45) is 0.436. The highest BCUT2D eigenvalue weighted by Crippen LogP contribution is 2.21. The Morgan fingerprint density at radius 3 is 2.64 bits per heavy atom. The van der Waals surface area contributed by atoms with Gasteiger partial charge in [0.2, 0.25) is 0 Å². The first-order valence-corrected chi connectivity index (χ1v) is 7.05. The van der Waals surface area contributed by atoms with Crippen LogP contribution in [-0.2, 0) is 4.74 Å². The van der Waals surface area contributed by atoms with Crippen LogP contribution in [0, 0.1) is 0 Å². The molecule has 1 amide bonds. The maximum atomic E-state index is 11.5. The van der Waals surface area contributed by atoms with Gasteiger partial charge in [0.1, 0.15) is 17.5 Å². The molecule has 0 bridgehead atoms. The normalized spacial score (nSPS) is 14.1. The van der Waals surface area contributed by atoms with Gasteiger partial charge >= 0.3 is 6.09 Å². The Labute approximate surface area is 130 Å². The molecule has 0 fully saturated rings. The van der Waals surface area contributed by atoms with Gasteiger partial charge in [-0.25, -0.2) is 4.79 Å². The highest BCUT2D eigenvalue weighted by atomic mass is 16.6. The van der Waals surface area contributed by atoms with E-state index in [4.69, 9.17) is 9.47 Å². The van der Waals surface area contributed by atoms with Gasteiger partial charge in [0, 0.05) is 18.3 Å². The van der Waals surface area contributed by atoms with Crippen LogP contribution < -0.4 is 10.1 Å². The SMILES string of the molecule is COc1cncc(C(O)C(O)CCNC(=O)OC(C)(C)C)c1. The minimum Gasteiger partial charge on any atom is -0.495 e. The van der Waals surface area contributed by atoms with E-state index >= 15 is 0 Å². The lowest BCUT2D eigenvalue weighted by Gasteiger charge is -2.21. The Kier molecular flexibility index (Phi) is 6.58. The molecule has 2 atom stereocenters. The fourth-order valence-electron chi connectivity index (χ4n) is 1.73. The summed E-state index contributed by atoms with van der Waals surface area (Å²) in [5.74, 6) is 0.496. The lowest BCUT2D eigenvalue weighted by atomic mass is 10.0. The van der Waals surface area contributed by atoms with Gasteiger partial charge in [-0.15, -0.1) is 0 Å². The number of aliphatic hydroxyl groups excluding tert-OH is 2. The number of ether oxygens (including phenoxy) is 2. The molecular formula is C15H24N2O5. The number of pyridine rings is 1. The zero-order chi connectivity index (χ0) is 16.8. The van der Waals surface area contributed by atoms with Crippen LogP contribution in [0.3, 0.4) is 0 Å². The second-order valence-corrected chi connectivity index (χ2v) is 5.89. The second-order valence-electron chi connectivity index (χ2n) is 5.89. The van der Waals surface area contributed by atoms with Crippen LogP contribution >= 0.6 is 0 Å². The largest absolute Gasteiger partial charge is 0.495 e. The van der Waals surface area contributed by atoms with Gasteiger partial charge in [-0.3, -0.25) is 4.98 Å². The quantitative estimate of drug-likeness (QED) is 0.734. The predicted molar refractivity (Wildman–Crippen MR) is 80.6 cm³/mol. The minimum absolute atomic E-state index is 0.178. The first-order valence-electron chi connectivity index (χ1n) is 7.05. The Bertz CT molecular complexity index is 487. The summed E-state index contributed by atoms with van der Waals surface area (Å²) >= 11 is 0. The molecule has 0 saturated heterocycles. The van der Waals surface area contributed by atoms with Crippen molar-refractivity contribution in [1.29, 1.82) is 0 Å². The van der Waals surface area contributed by atoms with E-state index in [1.165, 1.54) is 19.5 Å². The zero-order valence-corrected chi connectivity index (χ0v) is 13.4. The Hall–Kier alpha value is -1.86. The predicted octanol–water partition coefficient (Wildman–Crippen LogP) is 1.40. The monoisotopic (exact) mass is 312 g/mol. The number of rotatable bonds is 6. The van der Waals surface area contributed by atoms with E-state index < -0.39 is 23.9 Å². The van der Waals surface area contributed by atoms with Gasteiger partial charge in [-0.05, 0) is 33.3 Å². The lowest BCUT2D eigenvalue weighted by molar-refractivity contribution is 0.0120. The van der Waals surface area contributed by atoms with Crippen LogP contribution in [0.15, 0.2) is 18.5 Å². The third kappa shape index (κ3) is 6.28. The van der Waals surface area contributed by atoms with Gasteiger partial charge < -0.3 is 25.0 Å². The molecule has 0 aromatic carbocycles. The van der Waals surface area contributed by atoms with E-state index in [-0.39, 0.29) is 13.0 Å². The number of carbonyl (C=O) groups excluding carboxylic acids is 1. The van der Waals surface area contributed by atoms with Crippen molar-refractivity contribution in [3.05, 3.63) is 24.0 Å². The summed E-state index contributed by atoms with van der Waals surface area (Å²) in [6.45, 7) is 5.48. The van der Waals surface area contributed by atoms with E-state index in [1.807, 2.05) is 0 Å². The summed E-state index contributed by atoms with van der Waals surface area (Å²) in [4.78, 5) is 15.4. The fraction of sp³-hybridized carbons (Fsp3) is 0.600. The molecule has 7 heteroatoms. The van der Waals surface area contributed by atoms with E-state index in [9.17, 15) is 15.0 Å². The maximum absolute atomic E-state index is 11.5. The van der Waals surface area contributed by atoms with E-state index in [0.29, 0.717) is 11.3 Å². The van der Waals surface area contributed by atoms with Crippen LogP contribution in [0.4, 0.5) is 4.79 Å². The van der Waals surface area contributed by atoms with Gasteiger partial charge in [0.05, 0.1) is 19.4 Å². The Morgan fingerprint density at radius 1 is 1.36 bits per heavy atom. The number of hydrogen-bond donors (Lipinski definition) is 3. The molecule has 1 rings (SSSR count). The lowest BCUT2D eigenvalue weighted by Crippen LogP contribution is -2.34. The number of carbonyl (C=O) groups is 1. The van der Waals surface area contributed by atoms with E-state index in [1.54, 1.807) is 26.8 Å². The standard InChI is InChI=1S/C15H24N2O5/c1-15(2,3)22-14(20)17-6-5-12(18)13(19)10-7-11(21-4)9-16-8-10/h7-9,12-13,18-19H,5-6H2,1-4H3,(H,17,20). The molecular weight excluding hydrogens is 288 g/mol. The van der Waals surface area contributed by atoms with E-state index in [2.05, 4.69) is 10.3 Å². The fourth-order valence-corrected chi connectivity index (χ4v) is 1.73. The number of aromatic nitrogens is 1. The summed E-state index contributed by atoms with van der Waals surface area (Å²) in [6, 6.07) is 1.60. The van der Waals surface area contributed by atoms with Gasteiger partial charge in [0.15, 0.2) is 0 Å². The molecule has 1 aromatic heterocycles. The smallest absolute Gasteiger partial charge is 0.407 e. The molecule has 2 unspecified atom stereocenters. The van der Waals surface area contributed by atoms with Crippen LogP contribution in [0.2, 0.25) is 0 Å². The molecule has 0 radical (unpaired) electrons. The summed E-state index contributed by atoms with van der Waals surface area (Å²) in [7, 11) is 1.49. The number of nitrogens with one attached hydrogen (secondary N) is 1. The average Bonchev–Trinajstić information content (AvgIpc) is 2.44. The molecule has 7 nitrogen and oxygen atoms in total. The number of aliphatic hydroxyl groups is 2. The Balaban J connectivity index is 2.44. The number of amides is 1. The zero-order valence-electron chi connectivity index (χ0n) is 13.4. The Morgan fingerprint density at radius 2 is 2.05 bits per heavy atom. The third-order valence-corrected chi connectivity index (χ3v) is 2.78. The second kappa shape index (κ2) is 7.95. The molecule has 22 heavy (non-hydrogen) atoms. The van der Waals surface area contributed by atoms with Crippen LogP contribution in [-0.4, -0.2) is 46.6 Å². The summed E-state index contributed by atoms with van der Waals surface area (Å²) in [5.41, 5.74) is -0.127. The van der Waals surface area contributed by atoms with Crippen molar-refractivity contribution in [2.75, 3.05) is 13.7 Å². The highest BCUT2D eigenvalue weighted by molar-refractivity contribution is 5.67. The van der Waals surface area contributed by atoms with Crippen molar-refractivity contribution < 1.29 is 24.5 Å². The summed E-state index contributed by atoms with van der Waals surface area (Å²) < 4.78 is 10.1. The van der Waals surface area contributed by atoms with Gasteiger partial charge in [-0.1, -0.05) is 0 Å². The number of alkyl carbamates (subject to hydrolysis) is 1. The molecule has 124 valence electrons. The first-order chi connectivity index (χ1) is 10.2. The molecule has 0 aliphatic heterocycles. The topological polar surface area (TPSA) is 101 Å². The van der Waals surface area contributed by atoms with Crippen molar-refractivity contribution >= 4 is 6.09 Å². The number of methoxy groups -OCH3 is 1. The molecule has 0 saturated carbocycles. The highest BCUT2D eigenvalue weighted by Gasteiger charge is 2.20. The average molecular weight is 312 g/mol. The molecule has 1 aromatic rings. The van der Waals surface area contributed by atoms with Gasteiger partial charge in [0.25, 0.3) is 0 Å². The first kappa shape index (κ1) is 18.2. The van der Waals surface area contributed by atoms with Crippen molar-refractivity contribution in [2.24, 2.45) is 0 Å². The third-order valence-electron chi connectivity index (χ3n) is 2.78. The minimum atomic E-state index is -1.11. The van der Waals surface area contributed by atoms with E-state index in [0.717, 1.165) is 0 Å². The van der Waals surface area contributed by atoms with Crippen LogP contribution in [0.1, 0.15) is 38.9 Å². The molecule has 3 N–H and O–H groups in total. The van der Waals surface area contributed by atoms with Crippen molar-refractivity contribution in [1.82, 2.24) is 10.3 Å². The summed E-state index contributed by atoms with van der Waals surface area (Å²) in [5, 5.41) is 22.6. The number of hydrogen-bond acceptors (Lipinski definition) is 6. The number of nitrogens with zero attached hydrogens (tertiary/aromatic N) is 1. The molecule has 0 aliphatic rings. The maximum Gasteiger partial charge on any atom is 0.407 e. The van der Waals surface area contributed by atoms with Crippen molar-refractivity contribution in [2.45, 2.75) is 45.0 Å². The van der Waals surface area contributed by atoms with Crippen LogP contribution in [0.25, 0.3) is 0 Å². The van der Waals surface area contributed by atoms with Crippen molar-refractivity contribution in [3.8, 4) is 5.75 Å². The van der Waals surface area contributed by atoms with Crippen molar-refractivity contribution in [3.63, 3.8) is 0 Å². The molecule has 0 spiro atoms. The van der Waals surface area contributed by atoms with Crippen LogP contribution in [0.5, 0.6) is 5.75 Å². The van der Waals surface area contributed by atoms with Gasteiger partial charge in [-0.2, -0.15) is 0 Å². The molecule has 0 aliphatic carbocycles.